The lowest BCUT2D eigenvalue weighted by atomic mass is 9.76. The van der Waals surface area contributed by atoms with Gasteiger partial charge in [0.1, 0.15) is 0 Å². The Kier molecular flexibility index (Phi) is 9.19. The van der Waals surface area contributed by atoms with Crippen molar-refractivity contribution in [1.82, 2.24) is 25.8 Å². The summed E-state index contributed by atoms with van der Waals surface area (Å²) in [5.74, 6) is 0.469. The summed E-state index contributed by atoms with van der Waals surface area (Å²) in [5.41, 5.74) is 5.52. The number of primary amides is 1. The molecule has 2 aliphatic carbocycles. The summed E-state index contributed by atoms with van der Waals surface area (Å²) >= 11 is 0. The number of carbonyl (C=O) groups is 2. The number of hydrogen-bond acceptors (Lipinski definition) is 7. The Balaban J connectivity index is 1.11. The highest BCUT2D eigenvalue weighted by atomic mass is 19.3. The van der Waals surface area contributed by atoms with Crippen molar-refractivity contribution in [1.29, 1.82) is 0 Å². The van der Waals surface area contributed by atoms with Gasteiger partial charge in [0, 0.05) is 50.7 Å². The van der Waals surface area contributed by atoms with Crippen LogP contribution in [-0.4, -0.2) is 91.5 Å². The average Bonchev–Trinajstić information content (AvgIpc) is 3.34. The zero-order valence-electron chi connectivity index (χ0n) is 22.6. The first-order valence-electron chi connectivity index (χ1n) is 14.8. The first kappa shape index (κ1) is 28.1. The second kappa shape index (κ2) is 12.4. The first-order chi connectivity index (χ1) is 18.3. The molecule has 5 rings (SSSR count). The minimum absolute atomic E-state index is 0.00801. The van der Waals surface area contributed by atoms with E-state index in [4.69, 9.17) is 10.5 Å². The molecule has 2 amide bonds. The zero-order chi connectivity index (χ0) is 26.8. The minimum atomic E-state index is -2.68. The first-order valence-corrected chi connectivity index (χ1v) is 14.8. The van der Waals surface area contributed by atoms with Crippen LogP contribution in [-0.2, 0) is 14.3 Å². The molecule has 5 aliphatic rings. The van der Waals surface area contributed by atoms with Crippen LogP contribution in [0.5, 0.6) is 0 Å². The monoisotopic (exact) mass is 540 g/mol. The van der Waals surface area contributed by atoms with Gasteiger partial charge in [-0.3, -0.25) is 30.4 Å². The van der Waals surface area contributed by atoms with Crippen LogP contribution < -0.4 is 21.7 Å². The maximum atomic E-state index is 13.3. The maximum Gasteiger partial charge on any atom is 0.345 e. The number of rotatable bonds is 7. The van der Waals surface area contributed by atoms with E-state index in [1.165, 1.54) is 0 Å². The molecule has 0 aromatic heterocycles. The van der Waals surface area contributed by atoms with E-state index >= 15 is 0 Å². The Morgan fingerprint density at radius 2 is 1.84 bits per heavy atom. The number of amides is 2. The van der Waals surface area contributed by atoms with Crippen molar-refractivity contribution in [3.63, 3.8) is 0 Å². The lowest BCUT2D eigenvalue weighted by molar-refractivity contribution is -0.172. The van der Waals surface area contributed by atoms with E-state index < -0.39 is 6.61 Å². The fourth-order valence-corrected chi connectivity index (χ4v) is 7.91. The molecule has 3 aliphatic heterocycles. The standard InChI is InChI=1S/C27H46F2N6O3/c1-16-13-19(6-9-21(16)26(37)34-11-2-3-18(15-34)23(30)36)33-24-25-32-14-22(35(25)12-10-31-24)17-4-7-20(8-5-17)38-27(28)29/h16-22,24-25,27,31-33H,2-15H2,1H3,(H2,30,36). The summed E-state index contributed by atoms with van der Waals surface area (Å²) in [7, 11) is 0. The molecule has 0 aromatic rings. The minimum Gasteiger partial charge on any atom is -0.369 e. The molecule has 38 heavy (non-hydrogen) atoms. The smallest absolute Gasteiger partial charge is 0.345 e. The second-order valence-corrected chi connectivity index (χ2v) is 12.3. The van der Waals surface area contributed by atoms with E-state index in [1.807, 2.05) is 4.90 Å². The van der Waals surface area contributed by atoms with Crippen LogP contribution >= 0.6 is 0 Å². The third-order valence-electron chi connectivity index (χ3n) is 9.96. The average molecular weight is 541 g/mol. The Hall–Kier alpha value is -1.40. The van der Waals surface area contributed by atoms with Crippen LogP contribution in [0.1, 0.15) is 64.7 Å². The van der Waals surface area contributed by atoms with Crippen LogP contribution in [0, 0.1) is 23.7 Å². The number of halogens is 2. The molecule has 5 fully saturated rings. The number of likely N-dealkylation sites (tertiary alicyclic amines) is 1. The predicted octanol–water partition coefficient (Wildman–Crippen LogP) is 1.43. The van der Waals surface area contributed by atoms with E-state index in [2.05, 4.69) is 27.8 Å². The number of piperidine rings is 1. The summed E-state index contributed by atoms with van der Waals surface area (Å²) in [6, 6.07) is 0.772. The van der Waals surface area contributed by atoms with Gasteiger partial charge in [0.05, 0.1) is 24.4 Å². The molecular formula is C27H46F2N6O3. The number of piperazine rings is 1. The van der Waals surface area contributed by atoms with Crippen molar-refractivity contribution in [2.24, 2.45) is 29.4 Å². The van der Waals surface area contributed by atoms with E-state index in [0.717, 1.165) is 71.1 Å². The van der Waals surface area contributed by atoms with E-state index in [9.17, 15) is 18.4 Å². The molecule has 3 saturated heterocycles. The summed E-state index contributed by atoms with van der Waals surface area (Å²) in [5, 5.41) is 11.3. The van der Waals surface area contributed by atoms with Crippen LogP contribution in [0.25, 0.3) is 0 Å². The number of alkyl halides is 2. The van der Waals surface area contributed by atoms with Crippen molar-refractivity contribution < 1.29 is 23.1 Å². The van der Waals surface area contributed by atoms with Gasteiger partial charge in [0.25, 0.3) is 0 Å². The molecule has 216 valence electrons. The van der Waals surface area contributed by atoms with Gasteiger partial charge in [0.15, 0.2) is 0 Å². The summed E-state index contributed by atoms with van der Waals surface area (Å²) < 4.78 is 30.0. The third kappa shape index (κ3) is 6.32. The predicted molar refractivity (Wildman–Crippen MR) is 139 cm³/mol. The number of ether oxygens (including phenoxy) is 1. The van der Waals surface area contributed by atoms with E-state index in [-0.39, 0.29) is 48.0 Å². The quantitative estimate of drug-likeness (QED) is 0.387. The molecule has 0 aromatic carbocycles. The lowest BCUT2D eigenvalue weighted by Crippen LogP contribution is -2.67. The molecule has 5 N–H and O–H groups in total. The Bertz CT molecular complexity index is 829. The highest BCUT2D eigenvalue weighted by Crippen LogP contribution is 2.36. The second-order valence-electron chi connectivity index (χ2n) is 12.3. The van der Waals surface area contributed by atoms with E-state index in [1.54, 1.807) is 0 Å². The number of nitrogens with one attached hydrogen (secondary N) is 3. The van der Waals surface area contributed by atoms with Gasteiger partial charge in [-0.25, -0.2) is 0 Å². The van der Waals surface area contributed by atoms with Gasteiger partial charge < -0.3 is 15.4 Å². The van der Waals surface area contributed by atoms with Crippen molar-refractivity contribution in [2.45, 2.75) is 102 Å². The molecule has 0 bridgehead atoms. The van der Waals surface area contributed by atoms with Gasteiger partial charge >= 0.3 is 6.61 Å². The highest BCUT2D eigenvalue weighted by molar-refractivity contribution is 5.81. The van der Waals surface area contributed by atoms with Gasteiger partial charge in [-0.1, -0.05) is 6.92 Å². The summed E-state index contributed by atoms with van der Waals surface area (Å²) in [6.07, 6.45) is 7.71. The molecule has 7 unspecified atom stereocenters. The summed E-state index contributed by atoms with van der Waals surface area (Å²) in [6.45, 7) is 3.52. The van der Waals surface area contributed by atoms with Crippen molar-refractivity contribution >= 4 is 11.8 Å². The number of hydrogen-bond donors (Lipinski definition) is 4. The third-order valence-corrected chi connectivity index (χ3v) is 9.96. The van der Waals surface area contributed by atoms with Crippen LogP contribution in [0.15, 0.2) is 0 Å². The molecule has 7 atom stereocenters. The largest absolute Gasteiger partial charge is 0.369 e. The van der Waals surface area contributed by atoms with Crippen LogP contribution in [0.2, 0.25) is 0 Å². The Morgan fingerprint density at radius 1 is 1.05 bits per heavy atom. The van der Waals surface area contributed by atoms with E-state index in [0.29, 0.717) is 37.4 Å². The van der Waals surface area contributed by atoms with Crippen molar-refractivity contribution in [3.8, 4) is 0 Å². The molecule has 11 heteroatoms. The highest BCUT2D eigenvalue weighted by Gasteiger charge is 2.45. The molecule has 0 spiro atoms. The molecule has 0 radical (unpaired) electrons. The van der Waals surface area contributed by atoms with Crippen molar-refractivity contribution in [3.05, 3.63) is 0 Å². The number of carbonyl (C=O) groups excluding carboxylic acids is 2. The molecular weight excluding hydrogens is 494 g/mol. The SMILES string of the molecule is CC1CC(NC2NCCN3C(C4CCC(OC(F)F)CC4)CNC23)CCC1C(=O)N1CCCC(C(N)=O)C1. The molecule has 9 nitrogen and oxygen atoms in total. The van der Waals surface area contributed by atoms with Crippen molar-refractivity contribution in [2.75, 3.05) is 32.7 Å². The van der Waals surface area contributed by atoms with Gasteiger partial charge in [-0.2, -0.15) is 8.78 Å². The summed E-state index contributed by atoms with van der Waals surface area (Å²) in [4.78, 5) is 29.4. The molecule has 3 heterocycles. The Labute approximate surface area is 224 Å². The van der Waals surface area contributed by atoms with Crippen LogP contribution in [0.4, 0.5) is 8.78 Å². The van der Waals surface area contributed by atoms with Gasteiger partial charge in [0.2, 0.25) is 11.8 Å². The fourth-order valence-electron chi connectivity index (χ4n) is 7.91. The number of fused-ring (bicyclic) bond motifs is 1. The van der Waals surface area contributed by atoms with Crippen LogP contribution in [0.3, 0.4) is 0 Å². The fraction of sp³-hybridized carbons (Fsp3) is 0.926. The number of nitrogens with zero attached hydrogens (tertiary/aromatic N) is 2. The van der Waals surface area contributed by atoms with Gasteiger partial charge in [-0.15, -0.1) is 0 Å². The normalized spacial score (nSPS) is 40.7. The lowest BCUT2D eigenvalue weighted by Gasteiger charge is -2.45. The molecule has 2 saturated carbocycles. The topological polar surface area (TPSA) is 112 Å². The van der Waals surface area contributed by atoms with Gasteiger partial charge in [-0.05, 0) is 69.6 Å². The zero-order valence-corrected chi connectivity index (χ0v) is 22.6. The maximum absolute atomic E-state index is 13.3. The number of nitrogens with two attached hydrogens (primary N) is 1. The Morgan fingerprint density at radius 3 is 2.55 bits per heavy atom.